The molecule has 0 unspecified atom stereocenters. The van der Waals surface area contributed by atoms with E-state index >= 15 is 4.39 Å². The molecule has 210 valence electrons. The second kappa shape index (κ2) is 10.9. The molecule has 0 atom stereocenters. The minimum absolute atomic E-state index is 0.239. The van der Waals surface area contributed by atoms with Crippen LogP contribution in [0.2, 0.25) is 0 Å². The minimum Gasteiger partial charge on any atom is -0.326 e. The van der Waals surface area contributed by atoms with Crippen LogP contribution in [0.25, 0.3) is 22.3 Å². The number of hydrogen-bond acceptors (Lipinski definition) is 7. The maximum atomic E-state index is 15.0. The van der Waals surface area contributed by atoms with Crippen molar-refractivity contribution in [2.45, 2.75) is 59.5 Å². The van der Waals surface area contributed by atoms with E-state index in [1.165, 1.54) is 44.2 Å². The zero-order valence-electron chi connectivity index (χ0n) is 24.2. The number of benzene rings is 1. The molecule has 0 amide bonds. The number of aromatic nitrogens is 5. The average Bonchev–Trinajstić information content (AvgIpc) is 3.27. The van der Waals surface area contributed by atoms with Gasteiger partial charge in [-0.25, -0.2) is 24.3 Å². The fourth-order valence-corrected chi connectivity index (χ4v) is 6.32. The van der Waals surface area contributed by atoms with Crippen molar-refractivity contribution in [1.82, 2.24) is 34.3 Å². The molecule has 0 aliphatic carbocycles. The highest BCUT2D eigenvalue weighted by Crippen LogP contribution is 2.31. The number of nitrogens with zero attached hydrogens (tertiary/aromatic N) is 7. The van der Waals surface area contributed by atoms with E-state index in [4.69, 9.17) is 9.97 Å². The van der Waals surface area contributed by atoms with Crippen molar-refractivity contribution in [2.24, 2.45) is 5.92 Å². The number of hydrogen-bond donors (Lipinski definition) is 1. The first kappa shape index (κ1) is 26.8. The highest BCUT2D eigenvalue weighted by atomic mass is 19.1. The number of fused-ring (bicyclic) bond motifs is 2. The van der Waals surface area contributed by atoms with E-state index < -0.39 is 5.82 Å². The molecule has 0 saturated carbocycles. The van der Waals surface area contributed by atoms with Crippen molar-refractivity contribution in [1.29, 1.82) is 0 Å². The predicted octanol–water partition coefficient (Wildman–Crippen LogP) is 5.67. The average molecular weight is 543 g/mol. The number of nitrogens with one attached hydrogen (secondary N) is 1. The van der Waals surface area contributed by atoms with Crippen LogP contribution in [-0.4, -0.2) is 67.5 Å². The first-order valence-corrected chi connectivity index (χ1v) is 14.4. The molecule has 40 heavy (non-hydrogen) atoms. The van der Waals surface area contributed by atoms with Gasteiger partial charge in [0.15, 0.2) is 5.82 Å². The van der Waals surface area contributed by atoms with Gasteiger partial charge in [0.1, 0.15) is 17.3 Å². The Bertz CT molecular complexity index is 1540. The Hall–Kier alpha value is -3.43. The van der Waals surface area contributed by atoms with Crippen LogP contribution in [0, 0.1) is 25.6 Å². The second-order valence-corrected chi connectivity index (χ2v) is 11.8. The lowest BCUT2D eigenvalue weighted by Gasteiger charge is -2.35. The summed E-state index contributed by atoms with van der Waals surface area (Å²) in [5, 5.41) is 3.22. The number of imidazole rings is 1. The summed E-state index contributed by atoms with van der Waals surface area (Å²) in [5.41, 5.74) is 6.28. The number of rotatable bonds is 6. The summed E-state index contributed by atoms with van der Waals surface area (Å²) >= 11 is 0. The molecule has 2 aliphatic rings. The molecule has 2 aliphatic heterocycles. The topological polar surface area (TPSA) is 75.0 Å². The lowest BCUT2D eigenvalue weighted by Crippen LogP contribution is -2.39. The van der Waals surface area contributed by atoms with Crippen molar-refractivity contribution in [3.8, 4) is 11.3 Å². The van der Waals surface area contributed by atoms with E-state index in [1.807, 2.05) is 32.0 Å². The van der Waals surface area contributed by atoms with Gasteiger partial charge in [-0.2, -0.15) is 0 Å². The van der Waals surface area contributed by atoms with Gasteiger partial charge in [0.05, 0.1) is 17.2 Å². The van der Waals surface area contributed by atoms with E-state index in [9.17, 15) is 0 Å². The normalized spacial score (nSPS) is 17.1. The summed E-state index contributed by atoms with van der Waals surface area (Å²) in [4.78, 5) is 23.4. The summed E-state index contributed by atoms with van der Waals surface area (Å²) in [6.45, 7) is 13.8. The smallest absolute Gasteiger partial charge is 0.229 e. The monoisotopic (exact) mass is 542 g/mol. The highest BCUT2D eigenvalue weighted by molar-refractivity contribution is 5.85. The first-order valence-electron chi connectivity index (χ1n) is 14.4. The molecule has 4 aromatic rings. The molecular weight excluding hydrogens is 503 g/mol. The molecule has 3 aromatic heterocycles. The van der Waals surface area contributed by atoms with Crippen molar-refractivity contribution in [2.75, 3.05) is 38.5 Å². The molecule has 6 rings (SSSR count). The molecule has 0 bridgehead atoms. The number of anilines is 2. The van der Waals surface area contributed by atoms with Crippen LogP contribution < -0.4 is 5.32 Å². The van der Waals surface area contributed by atoms with Gasteiger partial charge < -0.3 is 14.8 Å². The molecule has 0 spiro atoms. The van der Waals surface area contributed by atoms with Gasteiger partial charge in [0, 0.05) is 43.4 Å². The van der Waals surface area contributed by atoms with Gasteiger partial charge in [-0.05, 0) is 95.9 Å². The molecule has 1 aromatic carbocycles. The second-order valence-electron chi connectivity index (χ2n) is 11.8. The third-order valence-corrected chi connectivity index (χ3v) is 8.42. The Labute approximate surface area is 235 Å². The summed E-state index contributed by atoms with van der Waals surface area (Å²) in [5.74, 6) is 2.28. The van der Waals surface area contributed by atoms with E-state index in [1.54, 1.807) is 0 Å². The Morgan fingerprint density at radius 3 is 2.62 bits per heavy atom. The number of halogens is 1. The molecule has 5 heterocycles. The van der Waals surface area contributed by atoms with Crippen LogP contribution in [0.3, 0.4) is 0 Å². The number of piperidine rings is 1. The van der Waals surface area contributed by atoms with Gasteiger partial charge in [0.2, 0.25) is 5.95 Å². The van der Waals surface area contributed by atoms with E-state index in [0.29, 0.717) is 17.3 Å². The quantitative estimate of drug-likeness (QED) is 0.337. The Morgan fingerprint density at radius 1 is 1.05 bits per heavy atom. The van der Waals surface area contributed by atoms with Gasteiger partial charge in [0.25, 0.3) is 0 Å². The summed E-state index contributed by atoms with van der Waals surface area (Å²) in [7, 11) is 2.22. The molecule has 8 nitrogen and oxygen atoms in total. The van der Waals surface area contributed by atoms with Crippen LogP contribution >= 0.6 is 0 Å². The van der Waals surface area contributed by atoms with Gasteiger partial charge in [-0.3, -0.25) is 4.90 Å². The minimum atomic E-state index is -0.459. The summed E-state index contributed by atoms with van der Waals surface area (Å²) in [6.07, 6.45) is 4.73. The largest absolute Gasteiger partial charge is 0.326 e. The lowest BCUT2D eigenvalue weighted by atomic mass is 9.95. The Morgan fingerprint density at radius 2 is 1.85 bits per heavy atom. The lowest BCUT2D eigenvalue weighted by molar-refractivity contribution is 0.151. The van der Waals surface area contributed by atoms with E-state index in [0.717, 1.165) is 53.5 Å². The molecule has 1 saturated heterocycles. The molecular formula is C31H39FN8. The first-order chi connectivity index (χ1) is 19.2. The SMILES string of the molecule is Cc1cc(-c2nc(Nc3ccc4c(n3)CCN(CC3CCN(C)CC3)C4)ncc2F)cc2c1nc(C)n2C(C)C. The van der Waals surface area contributed by atoms with Crippen LogP contribution in [0.4, 0.5) is 16.2 Å². The summed E-state index contributed by atoms with van der Waals surface area (Å²) < 4.78 is 17.2. The molecule has 0 radical (unpaired) electrons. The molecule has 1 fully saturated rings. The van der Waals surface area contributed by atoms with Crippen molar-refractivity contribution in [3.63, 3.8) is 0 Å². The number of pyridine rings is 1. The molecule has 9 heteroatoms. The fourth-order valence-electron chi connectivity index (χ4n) is 6.32. The standard InChI is InChI=1S/C31H39FN8/c1-19(2)40-21(4)34-29-20(3)14-24(15-27(29)40)30-25(32)16-33-31(37-30)36-28-7-6-23-18-39(13-10-26(23)35-28)17-22-8-11-38(5)12-9-22/h6-7,14-16,19,22H,8-13,17-18H2,1-5H3,(H,33,35,36,37). The van der Waals surface area contributed by atoms with E-state index in [-0.39, 0.29) is 11.7 Å². The number of likely N-dealkylation sites (tertiary alicyclic amines) is 1. The van der Waals surface area contributed by atoms with Crippen LogP contribution in [-0.2, 0) is 13.0 Å². The highest BCUT2D eigenvalue weighted by Gasteiger charge is 2.24. The zero-order valence-corrected chi connectivity index (χ0v) is 24.2. The summed E-state index contributed by atoms with van der Waals surface area (Å²) in [6, 6.07) is 8.30. The van der Waals surface area contributed by atoms with Gasteiger partial charge in [-0.1, -0.05) is 6.07 Å². The van der Waals surface area contributed by atoms with Crippen molar-refractivity contribution < 1.29 is 4.39 Å². The van der Waals surface area contributed by atoms with E-state index in [2.05, 4.69) is 56.6 Å². The van der Waals surface area contributed by atoms with Crippen LogP contribution in [0.5, 0.6) is 0 Å². The maximum absolute atomic E-state index is 15.0. The molecule has 1 N–H and O–H groups in total. The number of aryl methyl sites for hydroxylation is 2. The van der Waals surface area contributed by atoms with Gasteiger partial charge in [-0.15, -0.1) is 0 Å². The Balaban J connectivity index is 1.20. The van der Waals surface area contributed by atoms with Crippen molar-refractivity contribution >= 4 is 22.8 Å². The zero-order chi connectivity index (χ0) is 28.0. The maximum Gasteiger partial charge on any atom is 0.229 e. The Kier molecular flexibility index (Phi) is 7.27. The van der Waals surface area contributed by atoms with Crippen LogP contribution in [0.1, 0.15) is 55.4 Å². The predicted molar refractivity (Wildman–Crippen MR) is 157 cm³/mol. The fraction of sp³-hybridized carbons (Fsp3) is 0.484. The third kappa shape index (κ3) is 5.32. The van der Waals surface area contributed by atoms with Gasteiger partial charge >= 0.3 is 0 Å². The van der Waals surface area contributed by atoms with Crippen molar-refractivity contribution in [3.05, 3.63) is 58.9 Å². The van der Waals surface area contributed by atoms with Crippen LogP contribution in [0.15, 0.2) is 30.5 Å². The third-order valence-electron chi connectivity index (χ3n) is 8.42.